The summed E-state index contributed by atoms with van der Waals surface area (Å²) in [6.07, 6.45) is 3.53. The first-order valence-corrected chi connectivity index (χ1v) is 8.99. The van der Waals surface area contributed by atoms with E-state index in [4.69, 9.17) is 0 Å². The van der Waals surface area contributed by atoms with Gasteiger partial charge in [0.25, 0.3) is 0 Å². The number of nitrogens with zero attached hydrogens (tertiary/aromatic N) is 5. The van der Waals surface area contributed by atoms with Crippen molar-refractivity contribution in [1.29, 1.82) is 0 Å². The number of aliphatic hydroxyl groups is 1. The van der Waals surface area contributed by atoms with E-state index in [1.807, 2.05) is 6.07 Å². The Morgan fingerprint density at radius 2 is 1.96 bits per heavy atom. The van der Waals surface area contributed by atoms with E-state index in [0.29, 0.717) is 11.4 Å². The fraction of sp³-hybridized carbons (Fsp3) is 0.200. The third kappa shape index (κ3) is 3.63. The number of hydrogen-bond donors (Lipinski definition) is 1. The van der Waals surface area contributed by atoms with Gasteiger partial charge in [-0.1, -0.05) is 12.1 Å². The number of aromatic nitrogens is 5. The normalized spacial score (nSPS) is 12.9. The highest BCUT2D eigenvalue weighted by atomic mass is 32.2. The molecule has 8 nitrogen and oxygen atoms in total. The number of hydrogen-bond acceptors (Lipinski definition) is 7. The van der Waals surface area contributed by atoms with Gasteiger partial charge in [0.15, 0.2) is 9.84 Å². The average molecular weight is 345 g/mol. The van der Waals surface area contributed by atoms with Gasteiger partial charge in [0.2, 0.25) is 5.82 Å². The van der Waals surface area contributed by atoms with Gasteiger partial charge in [-0.3, -0.25) is 4.98 Å². The average Bonchev–Trinajstić information content (AvgIpc) is 3.03. The van der Waals surface area contributed by atoms with E-state index in [1.165, 1.54) is 16.9 Å². The Hall–Kier alpha value is -2.65. The molecule has 0 saturated heterocycles. The van der Waals surface area contributed by atoms with Gasteiger partial charge in [0, 0.05) is 24.2 Å². The molecule has 1 atom stereocenters. The Morgan fingerprint density at radius 1 is 1.21 bits per heavy atom. The zero-order valence-corrected chi connectivity index (χ0v) is 13.6. The Kier molecular flexibility index (Phi) is 4.36. The smallest absolute Gasteiger partial charge is 0.206 e. The monoisotopic (exact) mass is 345 g/mol. The number of tetrazole rings is 1. The molecule has 0 fully saturated rings. The van der Waals surface area contributed by atoms with Gasteiger partial charge >= 0.3 is 0 Å². The standard InChI is InChI=1S/C15H15N5O3S/c1-24(22,23)13-6-4-11(5-7-13)14(21)10-20-18-15(17-19-20)12-3-2-8-16-9-12/h2-9,14,21H,10H2,1H3. The predicted molar refractivity (Wildman–Crippen MR) is 85.6 cm³/mol. The molecule has 0 aliphatic rings. The van der Waals surface area contributed by atoms with Crippen LogP contribution in [0, 0.1) is 0 Å². The molecular formula is C15H15N5O3S. The maximum absolute atomic E-state index is 11.4. The van der Waals surface area contributed by atoms with E-state index >= 15 is 0 Å². The fourth-order valence-corrected chi connectivity index (χ4v) is 2.76. The second-order valence-electron chi connectivity index (χ2n) is 5.27. The first kappa shape index (κ1) is 16.2. The van der Waals surface area contributed by atoms with Crippen molar-refractivity contribution in [2.24, 2.45) is 0 Å². The summed E-state index contributed by atoms with van der Waals surface area (Å²) in [5.41, 5.74) is 1.30. The predicted octanol–water partition coefficient (Wildman–Crippen LogP) is 0.872. The molecule has 124 valence electrons. The molecule has 24 heavy (non-hydrogen) atoms. The maximum atomic E-state index is 11.4. The molecular weight excluding hydrogens is 330 g/mol. The van der Waals surface area contributed by atoms with Crippen LogP contribution in [0.1, 0.15) is 11.7 Å². The van der Waals surface area contributed by atoms with E-state index in [-0.39, 0.29) is 11.4 Å². The quantitative estimate of drug-likeness (QED) is 0.730. The molecule has 2 aromatic heterocycles. The lowest BCUT2D eigenvalue weighted by molar-refractivity contribution is 0.144. The van der Waals surface area contributed by atoms with Crippen LogP contribution in [0.4, 0.5) is 0 Å². The van der Waals surface area contributed by atoms with Gasteiger partial charge in [0.05, 0.1) is 11.4 Å². The number of sulfone groups is 1. The van der Waals surface area contributed by atoms with Crippen molar-refractivity contribution in [3.05, 3.63) is 54.4 Å². The summed E-state index contributed by atoms with van der Waals surface area (Å²) in [4.78, 5) is 5.49. The summed E-state index contributed by atoms with van der Waals surface area (Å²) >= 11 is 0. The fourth-order valence-electron chi connectivity index (χ4n) is 2.13. The molecule has 3 rings (SSSR count). The molecule has 0 aliphatic carbocycles. The highest BCUT2D eigenvalue weighted by Gasteiger charge is 2.14. The molecule has 3 aromatic rings. The van der Waals surface area contributed by atoms with Crippen LogP contribution in [0.3, 0.4) is 0 Å². The Bertz CT molecular complexity index is 923. The molecule has 1 aromatic carbocycles. The van der Waals surface area contributed by atoms with Crippen molar-refractivity contribution in [3.63, 3.8) is 0 Å². The minimum absolute atomic E-state index is 0.103. The number of rotatable bonds is 5. The minimum Gasteiger partial charge on any atom is -0.386 e. The van der Waals surface area contributed by atoms with Crippen LogP contribution < -0.4 is 0 Å². The van der Waals surface area contributed by atoms with Crippen LogP contribution in [-0.4, -0.2) is 45.0 Å². The molecule has 0 amide bonds. The second kappa shape index (κ2) is 6.46. The second-order valence-corrected chi connectivity index (χ2v) is 7.28. The van der Waals surface area contributed by atoms with Gasteiger partial charge in [-0.15, -0.1) is 10.2 Å². The van der Waals surface area contributed by atoms with Gasteiger partial charge in [0.1, 0.15) is 6.10 Å². The van der Waals surface area contributed by atoms with Crippen LogP contribution >= 0.6 is 0 Å². The summed E-state index contributed by atoms with van der Waals surface area (Å²) < 4.78 is 22.9. The summed E-state index contributed by atoms with van der Waals surface area (Å²) in [5, 5.41) is 22.3. The van der Waals surface area contributed by atoms with Gasteiger partial charge in [-0.2, -0.15) is 4.80 Å². The number of pyridine rings is 1. The van der Waals surface area contributed by atoms with Gasteiger partial charge in [-0.25, -0.2) is 8.42 Å². The van der Waals surface area contributed by atoms with Crippen molar-refractivity contribution in [3.8, 4) is 11.4 Å². The van der Waals surface area contributed by atoms with Crippen LogP contribution in [0.5, 0.6) is 0 Å². The molecule has 1 unspecified atom stereocenters. The van der Waals surface area contributed by atoms with Crippen molar-refractivity contribution >= 4 is 9.84 Å². The van der Waals surface area contributed by atoms with Crippen LogP contribution in [0.2, 0.25) is 0 Å². The molecule has 0 saturated carbocycles. The Labute approximate surface area is 138 Å². The minimum atomic E-state index is -3.26. The molecule has 0 aliphatic heterocycles. The zero-order valence-electron chi connectivity index (χ0n) is 12.8. The van der Waals surface area contributed by atoms with Gasteiger partial charge < -0.3 is 5.11 Å². The van der Waals surface area contributed by atoms with E-state index in [9.17, 15) is 13.5 Å². The molecule has 0 spiro atoms. The van der Waals surface area contributed by atoms with Crippen molar-refractivity contribution in [1.82, 2.24) is 25.2 Å². The van der Waals surface area contributed by atoms with E-state index in [0.717, 1.165) is 11.8 Å². The van der Waals surface area contributed by atoms with Crippen molar-refractivity contribution < 1.29 is 13.5 Å². The highest BCUT2D eigenvalue weighted by molar-refractivity contribution is 7.90. The lowest BCUT2D eigenvalue weighted by Crippen LogP contribution is -2.12. The maximum Gasteiger partial charge on any atom is 0.206 e. The zero-order chi connectivity index (χ0) is 17.2. The lowest BCUT2D eigenvalue weighted by Gasteiger charge is -2.10. The van der Waals surface area contributed by atoms with Crippen molar-refractivity contribution in [2.45, 2.75) is 17.5 Å². The Balaban J connectivity index is 1.73. The molecule has 1 N–H and O–H groups in total. The third-order valence-corrected chi connectivity index (χ3v) is 4.53. The van der Waals surface area contributed by atoms with Crippen LogP contribution in [0.15, 0.2) is 53.7 Å². The van der Waals surface area contributed by atoms with E-state index in [2.05, 4.69) is 20.4 Å². The first-order chi connectivity index (χ1) is 11.4. The van der Waals surface area contributed by atoms with Gasteiger partial charge in [-0.05, 0) is 35.0 Å². The van der Waals surface area contributed by atoms with Crippen LogP contribution in [-0.2, 0) is 16.4 Å². The van der Waals surface area contributed by atoms with E-state index < -0.39 is 15.9 Å². The molecule has 2 heterocycles. The molecule has 0 bridgehead atoms. The van der Waals surface area contributed by atoms with E-state index in [1.54, 1.807) is 30.6 Å². The number of aliphatic hydroxyl groups excluding tert-OH is 1. The van der Waals surface area contributed by atoms with Crippen molar-refractivity contribution in [2.75, 3.05) is 6.26 Å². The lowest BCUT2D eigenvalue weighted by atomic mass is 10.1. The first-order valence-electron chi connectivity index (χ1n) is 7.10. The topological polar surface area (TPSA) is 111 Å². The number of benzene rings is 1. The van der Waals surface area contributed by atoms with Crippen LogP contribution in [0.25, 0.3) is 11.4 Å². The molecule has 0 radical (unpaired) electrons. The molecule has 9 heteroatoms. The SMILES string of the molecule is CS(=O)(=O)c1ccc(C(O)Cn2nnc(-c3cccnc3)n2)cc1. The summed E-state index contributed by atoms with van der Waals surface area (Å²) in [6.45, 7) is 0.103. The summed E-state index contributed by atoms with van der Waals surface area (Å²) in [6, 6.07) is 9.65. The summed E-state index contributed by atoms with van der Waals surface area (Å²) in [7, 11) is -3.26. The summed E-state index contributed by atoms with van der Waals surface area (Å²) in [5.74, 6) is 0.419. The Morgan fingerprint density at radius 3 is 2.58 bits per heavy atom. The third-order valence-electron chi connectivity index (χ3n) is 3.40. The highest BCUT2D eigenvalue weighted by Crippen LogP contribution is 2.18. The largest absolute Gasteiger partial charge is 0.386 e.